The number of aliphatic hydroxyl groups excluding tert-OH is 2. The highest BCUT2D eigenvalue weighted by Crippen LogP contribution is 2.48. The molecule has 2 aliphatic carbocycles. The Kier molecular flexibility index (Phi) is 9.50. The first-order valence-corrected chi connectivity index (χ1v) is 10.9. The van der Waals surface area contributed by atoms with E-state index in [-0.39, 0.29) is 42.6 Å². The average Bonchev–Trinajstić information content (AvgIpc) is 2.90. The smallest absolute Gasteiger partial charge is 0.303 e. The molecule has 164 valence electrons. The number of ketones is 1. The van der Waals surface area contributed by atoms with E-state index in [2.05, 4.69) is 0 Å². The van der Waals surface area contributed by atoms with Gasteiger partial charge >= 0.3 is 5.97 Å². The number of alkyl halides is 1. The molecule has 2 aliphatic rings. The first-order chi connectivity index (χ1) is 13.9. The molecule has 0 spiro atoms. The van der Waals surface area contributed by atoms with Crippen molar-refractivity contribution in [1.29, 1.82) is 0 Å². The van der Waals surface area contributed by atoms with Crippen LogP contribution in [-0.2, 0) is 9.59 Å². The largest absolute Gasteiger partial charge is 0.481 e. The Morgan fingerprint density at radius 2 is 2.00 bits per heavy atom. The highest BCUT2D eigenvalue weighted by molar-refractivity contribution is 5.84. The van der Waals surface area contributed by atoms with Gasteiger partial charge < -0.3 is 15.3 Å². The molecule has 0 aromatic heterocycles. The van der Waals surface area contributed by atoms with Gasteiger partial charge in [0.05, 0.1) is 18.9 Å². The molecule has 0 aliphatic heterocycles. The van der Waals surface area contributed by atoms with Crippen molar-refractivity contribution in [2.45, 2.75) is 82.8 Å². The number of carbonyl (C=O) groups excluding carboxylic acids is 1. The van der Waals surface area contributed by atoms with E-state index in [1.807, 2.05) is 24.3 Å². The zero-order valence-electron chi connectivity index (χ0n) is 17.1. The number of Topliss-reactive ketones (excluding diaryl/α,β-unsaturated/α-hetero) is 1. The molecule has 0 aromatic carbocycles. The third kappa shape index (κ3) is 6.75. The minimum absolute atomic E-state index is 0.0429. The van der Waals surface area contributed by atoms with Crippen molar-refractivity contribution in [2.75, 3.05) is 6.67 Å². The van der Waals surface area contributed by atoms with Crippen LogP contribution in [0.1, 0.15) is 70.6 Å². The SMILES string of the molecule is O=C(O)CCC/C=C\C[C@H]1C(=O)C[C@@H](O)[C@@H]1/C=C/CC(O)C1(CCCF)CCC1. The second-order valence-electron chi connectivity index (χ2n) is 8.60. The lowest BCUT2D eigenvalue weighted by molar-refractivity contribution is -0.137. The Morgan fingerprint density at radius 3 is 2.62 bits per heavy atom. The van der Waals surface area contributed by atoms with E-state index >= 15 is 0 Å². The van der Waals surface area contributed by atoms with Crippen LogP contribution in [0.2, 0.25) is 0 Å². The van der Waals surface area contributed by atoms with Crippen molar-refractivity contribution in [3.8, 4) is 0 Å². The Balaban J connectivity index is 1.85. The van der Waals surface area contributed by atoms with Gasteiger partial charge in [-0.3, -0.25) is 14.0 Å². The zero-order chi connectivity index (χ0) is 21.3. The standard InChI is InChI=1S/C23H35FO5/c24-15-7-14-23(12-6-13-23)21(27)10-5-9-18-17(19(25)16-20(18)26)8-3-1-2-4-11-22(28)29/h1,3,5,9,17-18,20-21,26-27H,2,4,6-8,10-16H2,(H,28,29)/b3-1-,9-5+/t17-,18-,20-,21?/m1/s1. The van der Waals surface area contributed by atoms with E-state index in [0.29, 0.717) is 38.5 Å². The van der Waals surface area contributed by atoms with E-state index in [4.69, 9.17) is 5.11 Å². The quantitative estimate of drug-likeness (QED) is 0.315. The number of rotatable bonds is 13. The van der Waals surface area contributed by atoms with Gasteiger partial charge in [0.15, 0.2) is 0 Å². The van der Waals surface area contributed by atoms with Crippen LogP contribution in [0, 0.1) is 17.3 Å². The number of allylic oxidation sites excluding steroid dienone is 2. The Morgan fingerprint density at radius 1 is 1.24 bits per heavy atom. The molecule has 29 heavy (non-hydrogen) atoms. The van der Waals surface area contributed by atoms with Gasteiger partial charge in [-0.2, -0.15) is 0 Å². The summed E-state index contributed by atoms with van der Waals surface area (Å²) in [6.07, 6.45) is 12.9. The number of carboxylic acids is 1. The molecular formula is C23H35FO5. The molecule has 0 heterocycles. The van der Waals surface area contributed by atoms with Crippen LogP contribution in [0.5, 0.6) is 0 Å². The zero-order valence-corrected chi connectivity index (χ0v) is 17.1. The molecule has 0 radical (unpaired) electrons. The summed E-state index contributed by atoms with van der Waals surface area (Å²) in [6.45, 7) is -0.355. The highest BCUT2D eigenvalue weighted by Gasteiger charge is 2.42. The van der Waals surface area contributed by atoms with Gasteiger partial charge in [-0.05, 0) is 56.8 Å². The summed E-state index contributed by atoms with van der Waals surface area (Å²) >= 11 is 0. The highest BCUT2D eigenvalue weighted by atomic mass is 19.1. The lowest BCUT2D eigenvalue weighted by Crippen LogP contribution is -2.41. The normalized spacial score (nSPS) is 27.6. The molecular weight excluding hydrogens is 375 g/mol. The van der Waals surface area contributed by atoms with Crippen molar-refractivity contribution in [3.63, 3.8) is 0 Å². The topological polar surface area (TPSA) is 94.8 Å². The van der Waals surface area contributed by atoms with Crippen molar-refractivity contribution in [2.24, 2.45) is 17.3 Å². The van der Waals surface area contributed by atoms with Crippen molar-refractivity contribution in [3.05, 3.63) is 24.3 Å². The maximum atomic E-state index is 12.5. The van der Waals surface area contributed by atoms with Gasteiger partial charge in [0.1, 0.15) is 5.78 Å². The molecule has 2 fully saturated rings. The lowest BCUT2D eigenvalue weighted by Gasteiger charge is -2.45. The molecule has 1 unspecified atom stereocenters. The number of aliphatic carboxylic acids is 1. The molecule has 5 nitrogen and oxygen atoms in total. The summed E-state index contributed by atoms with van der Waals surface area (Å²) in [5.74, 6) is -1.31. The number of hydrogen-bond donors (Lipinski definition) is 3. The monoisotopic (exact) mass is 410 g/mol. The minimum atomic E-state index is -0.812. The van der Waals surface area contributed by atoms with Gasteiger partial charge in [0.2, 0.25) is 0 Å². The predicted octanol–water partition coefficient (Wildman–Crippen LogP) is 3.98. The van der Waals surface area contributed by atoms with Crippen molar-refractivity contribution >= 4 is 11.8 Å². The third-order valence-electron chi connectivity index (χ3n) is 6.63. The van der Waals surface area contributed by atoms with Crippen LogP contribution >= 0.6 is 0 Å². The van der Waals surface area contributed by atoms with Crippen LogP contribution < -0.4 is 0 Å². The van der Waals surface area contributed by atoms with Gasteiger partial charge in [0.25, 0.3) is 0 Å². The fraction of sp³-hybridized carbons (Fsp3) is 0.739. The summed E-state index contributed by atoms with van der Waals surface area (Å²) in [6, 6.07) is 0. The van der Waals surface area contributed by atoms with Crippen LogP contribution in [0.4, 0.5) is 4.39 Å². The number of unbranched alkanes of at least 4 members (excludes halogenated alkanes) is 1. The summed E-state index contributed by atoms with van der Waals surface area (Å²) in [5.41, 5.74) is -0.168. The third-order valence-corrected chi connectivity index (χ3v) is 6.63. The van der Waals surface area contributed by atoms with E-state index < -0.39 is 18.2 Å². The Hall–Kier alpha value is -1.53. The van der Waals surface area contributed by atoms with Crippen molar-refractivity contribution in [1.82, 2.24) is 0 Å². The maximum absolute atomic E-state index is 12.5. The second kappa shape index (κ2) is 11.6. The first kappa shape index (κ1) is 23.7. The molecule has 0 amide bonds. The number of halogens is 1. The average molecular weight is 411 g/mol. The molecule has 2 rings (SSSR count). The van der Waals surface area contributed by atoms with Crippen LogP contribution in [0.3, 0.4) is 0 Å². The van der Waals surface area contributed by atoms with Gasteiger partial charge in [-0.1, -0.05) is 30.7 Å². The number of carbonyl (C=O) groups is 2. The van der Waals surface area contributed by atoms with E-state index in [1.54, 1.807) is 0 Å². The van der Waals surface area contributed by atoms with Gasteiger partial charge in [0, 0.05) is 24.7 Å². The van der Waals surface area contributed by atoms with Gasteiger partial charge in [-0.25, -0.2) is 0 Å². The van der Waals surface area contributed by atoms with Gasteiger partial charge in [-0.15, -0.1) is 0 Å². The molecule has 6 heteroatoms. The maximum Gasteiger partial charge on any atom is 0.303 e. The molecule has 3 N–H and O–H groups in total. The number of hydrogen-bond acceptors (Lipinski definition) is 4. The second-order valence-corrected chi connectivity index (χ2v) is 8.60. The first-order valence-electron chi connectivity index (χ1n) is 10.9. The summed E-state index contributed by atoms with van der Waals surface area (Å²) < 4.78 is 12.5. The molecule has 0 bridgehead atoms. The summed E-state index contributed by atoms with van der Waals surface area (Å²) in [4.78, 5) is 22.8. The summed E-state index contributed by atoms with van der Waals surface area (Å²) in [7, 11) is 0. The van der Waals surface area contributed by atoms with Crippen molar-refractivity contribution < 1.29 is 29.3 Å². The molecule has 0 aromatic rings. The Bertz CT molecular complexity index is 596. The number of carboxylic acid groups (broad SMARTS) is 1. The van der Waals surface area contributed by atoms with E-state index in [0.717, 1.165) is 19.3 Å². The van der Waals surface area contributed by atoms with Crippen LogP contribution in [0.25, 0.3) is 0 Å². The predicted molar refractivity (Wildman–Crippen MR) is 109 cm³/mol. The molecule has 4 atom stereocenters. The van der Waals surface area contributed by atoms with Crippen LogP contribution in [0.15, 0.2) is 24.3 Å². The van der Waals surface area contributed by atoms with E-state index in [9.17, 15) is 24.2 Å². The van der Waals surface area contributed by atoms with Crippen LogP contribution in [-0.4, -0.2) is 46.0 Å². The fourth-order valence-corrected chi connectivity index (χ4v) is 4.67. The summed E-state index contributed by atoms with van der Waals surface area (Å²) in [5, 5.41) is 29.5. The molecule has 0 saturated heterocycles. The number of aliphatic hydroxyl groups is 2. The Labute approximate surface area is 172 Å². The fourth-order valence-electron chi connectivity index (χ4n) is 4.67. The van der Waals surface area contributed by atoms with E-state index in [1.165, 1.54) is 0 Å². The lowest BCUT2D eigenvalue weighted by atomic mass is 9.62. The molecule has 2 saturated carbocycles. The minimum Gasteiger partial charge on any atom is -0.481 e.